The van der Waals surface area contributed by atoms with Crippen LogP contribution in [0.25, 0.3) is 11.1 Å². The van der Waals surface area contributed by atoms with Crippen molar-refractivity contribution in [3.05, 3.63) is 59.9 Å². The highest BCUT2D eigenvalue weighted by atomic mass is 19.1. The molecule has 0 saturated heterocycles. The van der Waals surface area contributed by atoms with Crippen molar-refractivity contribution in [2.24, 2.45) is 5.92 Å². The number of benzene rings is 2. The van der Waals surface area contributed by atoms with E-state index in [0.717, 1.165) is 29.9 Å². The first kappa shape index (κ1) is 21.5. The van der Waals surface area contributed by atoms with Crippen LogP contribution in [-0.2, 0) is 4.74 Å². The minimum atomic E-state index is -0.250. The van der Waals surface area contributed by atoms with Crippen molar-refractivity contribution in [1.29, 1.82) is 0 Å². The van der Waals surface area contributed by atoms with Crippen molar-refractivity contribution in [2.75, 3.05) is 0 Å². The fourth-order valence-electron chi connectivity index (χ4n) is 4.24. The minimum Gasteiger partial charge on any atom is -0.459 e. The maximum atomic E-state index is 13.1. The Morgan fingerprint density at radius 2 is 1.45 bits per heavy atom. The van der Waals surface area contributed by atoms with E-state index in [2.05, 4.69) is 6.92 Å². The lowest BCUT2D eigenvalue weighted by Crippen LogP contribution is -2.24. The molecule has 2 nitrogen and oxygen atoms in total. The summed E-state index contributed by atoms with van der Waals surface area (Å²) in [6.07, 6.45) is 12.4. The molecule has 1 saturated carbocycles. The Morgan fingerprint density at radius 1 is 0.862 bits per heavy atom. The van der Waals surface area contributed by atoms with Gasteiger partial charge in [0.1, 0.15) is 11.9 Å². The van der Waals surface area contributed by atoms with E-state index < -0.39 is 0 Å². The van der Waals surface area contributed by atoms with Gasteiger partial charge in [0.05, 0.1) is 5.56 Å². The molecule has 1 fully saturated rings. The van der Waals surface area contributed by atoms with E-state index in [9.17, 15) is 9.18 Å². The lowest BCUT2D eigenvalue weighted by molar-refractivity contribution is 0.0161. The van der Waals surface area contributed by atoms with Crippen molar-refractivity contribution in [1.82, 2.24) is 0 Å². The lowest BCUT2D eigenvalue weighted by atomic mass is 9.84. The molecular formula is C26H33FO2. The van der Waals surface area contributed by atoms with Crippen molar-refractivity contribution < 1.29 is 13.9 Å². The van der Waals surface area contributed by atoms with Gasteiger partial charge in [-0.2, -0.15) is 0 Å². The summed E-state index contributed by atoms with van der Waals surface area (Å²) in [5.74, 6) is 0.320. The summed E-state index contributed by atoms with van der Waals surface area (Å²) in [4.78, 5) is 12.5. The first-order valence-electron chi connectivity index (χ1n) is 11.2. The van der Waals surface area contributed by atoms with Crippen molar-refractivity contribution in [2.45, 2.75) is 77.2 Å². The number of ether oxygens (including phenoxy) is 1. The number of carbonyl (C=O) groups excluding carboxylic acids is 1. The third kappa shape index (κ3) is 6.69. The molecule has 0 amide bonds. The summed E-state index contributed by atoms with van der Waals surface area (Å²) in [6, 6.07) is 13.7. The van der Waals surface area contributed by atoms with Crippen LogP contribution in [-0.4, -0.2) is 12.1 Å². The number of esters is 1. The number of halogens is 1. The zero-order valence-corrected chi connectivity index (χ0v) is 17.5. The number of carbonyl (C=O) groups is 1. The van der Waals surface area contributed by atoms with E-state index in [-0.39, 0.29) is 17.9 Å². The predicted molar refractivity (Wildman–Crippen MR) is 116 cm³/mol. The molecule has 0 radical (unpaired) electrons. The van der Waals surface area contributed by atoms with Crippen molar-refractivity contribution in [3.63, 3.8) is 0 Å². The summed E-state index contributed by atoms with van der Waals surface area (Å²) < 4.78 is 18.8. The maximum Gasteiger partial charge on any atom is 0.338 e. The molecule has 1 aliphatic carbocycles. The van der Waals surface area contributed by atoms with E-state index in [1.807, 2.05) is 12.1 Å². The maximum absolute atomic E-state index is 13.1. The average molecular weight is 397 g/mol. The highest BCUT2D eigenvalue weighted by Crippen LogP contribution is 2.30. The minimum absolute atomic E-state index is 0.0515. The van der Waals surface area contributed by atoms with Gasteiger partial charge in [0, 0.05) is 0 Å². The van der Waals surface area contributed by atoms with Crippen LogP contribution in [0.4, 0.5) is 4.39 Å². The second-order valence-electron chi connectivity index (χ2n) is 8.34. The van der Waals surface area contributed by atoms with Crippen LogP contribution in [0.1, 0.15) is 81.5 Å². The van der Waals surface area contributed by atoms with Gasteiger partial charge < -0.3 is 4.74 Å². The summed E-state index contributed by atoms with van der Waals surface area (Å²) in [5, 5.41) is 0. The van der Waals surface area contributed by atoms with E-state index in [1.54, 1.807) is 24.3 Å². The van der Waals surface area contributed by atoms with Gasteiger partial charge in [-0.25, -0.2) is 9.18 Å². The van der Waals surface area contributed by atoms with Gasteiger partial charge in [0.2, 0.25) is 0 Å². The molecule has 1 aliphatic rings. The molecule has 2 aromatic rings. The van der Waals surface area contributed by atoms with Gasteiger partial charge in [-0.3, -0.25) is 0 Å². The summed E-state index contributed by atoms with van der Waals surface area (Å²) >= 11 is 0. The van der Waals surface area contributed by atoms with E-state index in [4.69, 9.17) is 4.74 Å². The Hall–Kier alpha value is -2.16. The predicted octanol–water partition coefficient (Wildman–Crippen LogP) is 7.57. The molecule has 0 aromatic heterocycles. The smallest absolute Gasteiger partial charge is 0.338 e. The zero-order valence-electron chi connectivity index (χ0n) is 17.5. The van der Waals surface area contributed by atoms with Crippen LogP contribution in [0.2, 0.25) is 0 Å². The molecule has 3 heteroatoms. The topological polar surface area (TPSA) is 26.3 Å². The Labute approximate surface area is 174 Å². The molecule has 0 atom stereocenters. The first-order valence-corrected chi connectivity index (χ1v) is 11.2. The number of hydrogen-bond donors (Lipinski definition) is 0. The van der Waals surface area contributed by atoms with Gasteiger partial charge in [-0.15, -0.1) is 0 Å². The Morgan fingerprint density at radius 3 is 2.07 bits per heavy atom. The van der Waals surface area contributed by atoms with Crippen LogP contribution in [0.5, 0.6) is 0 Å². The molecule has 2 aromatic carbocycles. The van der Waals surface area contributed by atoms with Crippen LogP contribution in [0, 0.1) is 11.7 Å². The van der Waals surface area contributed by atoms with E-state index in [1.165, 1.54) is 63.5 Å². The van der Waals surface area contributed by atoms with Crippen LogP contribution >= 0.6 is 0 Å². The fourth-order valence-corrected chi connectivity index (χ4v) is 4.24. The molecule has 3 rings (SSSR count). The zero-order chi connectivity index (χ0) is 20.5. The Balaban J connectivity index is 1.42. The highest BCUT2D eigenvalue weighted by molar-refractivity contribution is 5.90. The summed E-state index contributed by atoms with van der Waals surface area (Å²) in [5.41, 5.74) is 2.47. The standard InChI is InChI=1S/C26H33FO2/c1-2-3-4-5-6-7-20-8-18-25(19-9-20)29-26(28)23-12-10-21(11-13-23)22-14-16-24(27)17-15-22/h10-17,20,25H,2-9,18-19H2,1H3. The number of unbranched alkanes of at least 4 members (excludes halogenated alkanes) is 4. The lowest BCUT2D eigenvalue weighted by Gasteiger charge is -2.28. The molecule has 156 valence electrons. The largest absolute Gasteiger partial charge is 0.459 e. The van der Waals surface area contributed by atoms with E-state index >= 15 is 0 Å². The van der Waals surface area contributed by atoms with Gasteiger partial charge in [-0.1, -0.05) is 69.7 Å². The number of rotatable bonds is 9. The van der Waals surface area contributed by atoms with Gasteiger partial charge in [-0.05, 0) is 67.0 Å². The molecule has 29 heavy (non-hydrogen) atoms. The first-order chi connectivity index (χ1) is 14.2. The molecular weight excluding hydrogens is 363 g/mol. The van der Waals surface area contributed by atoms with Gasteiger partial charge in [0.15, 0.2) is 0 Å². The summed E-state index contributed by atoms with van der Waals surface area (Å²) in [6.45, 7) is 2.25. The SMILES string of the molecule is CCCCCCCC1CCC(OC(=O)c2ccc(-c3ccc(F)cc3)cc2)CC1. The second kappa shape index (κ2) is 11.1. The van der Waals surface area contributed by atoms with E-state index in [0.29, 0.717) is 5.56 Å². The quantitative estimate of drug-likeness (QED) is 0.323. The second-order valence-corrected chi connectivity index (χ2v) is 8.34. The van der Waals surface area contributed by atoms with Crippen LogP contribution < -0.4 is 0 Å². The molecule has 0 bridgehead atoms. The Kier molecular flexibility index (Phi) is 8.27. The third-order valence-corrected chi connectivity index (χ3v) is 6.08. The highest BCUT2D eigenvalue weighted by Gasteiger charge is 2.24. The summed E-state index contributed by atoms with van der Waals surface area (Å²) in [7, 11) is 0. The molecule has 0 heterocycles. The van der Waals surface area contributed by atoms with Crippen molar-refractivity contribution in [3.8, 4) is 11.1 Å². The molecule has 0 N–H and O–H groups in total. The fraction of sp³-hybridized carbons (Fsp3) is 0.500. The third-order valence-electron chi connectivity index (χ3n) is 6.08. The normalized spacial score (nSPS) is 19.1. The molecule has 0 unspecified atom stereocenters. The van der Waals surface area contributed by atoms with Gasteiger partial charge >= 0.3 is 5.97 Å². The van der Waals surface area contributed by atoms with Gasteiger partial charge in [0.25, 0.3) is 0 Å². The molecule has 0 spiro atoms. The monoisotopic (exact) mass is 396 g/mol. The van der Waals surface area contributed by atoms with Crippen LogP contribution in [0.3, 0.4) is 0 Å². The molecule has 0 aliphatic heterocycles. The average Bonchev–Trinajstić information content (AvgIpc) is 2.75. The number of hydrogen-bond acceptors (Lipinski definition) is 2. The Bertz CT molecular complexity index is 743. The van der Waals surface area contributed by atoms with Crippen molar-refractivity contribution >= 4 is 5.97 Å². The van der Waals surface area contributed by atoms with Crippen LogP contribution in [0.15, 0.2) is 48.5 Å².